The van der Waals surface area contributed by atoms with Gasteiger partial charge in [0.05, 0.1) is 0 Å². The molecule has 8 nitrogen and oxygen atoms in total. The summed E-state index contributed by atoms with van der Waals surface area (Å²) in [4.78, 5) is 43.5. The van der Waals surface area contributed by atoms with Crippen LogP contribution in [0.5, 0.6) is 0 Å². The molecule has 1 saturated heterocycles. The molecular formula is C21H31ClN2O6. The molecule has 2 heterocycles. The molecule has 0 aromatic carbocycles. The molecule has 2 atom stereocenters. The van der Waals surface area contributed by atoms with Crippen LogP contribution in [0.25, 0.3) is 0 Å². The van der Waals surface area contributed by atoms with Crippen molar-refractivity contribution in [3.63, 3.8) is 0 Å². The number of aliphatic carboxylic acids is 1. The number of halogens is 1. The van der Waals surface area contributed by atoms with Gasteiger partial charge in [0.15, 0.2) is 0 Å². The number of aromatic nitrogens is 1. The van der Waals surface area contributed by atoms with Crippen molar-refractivity contribution in [1.29, 1.82) is 0 Å². The molecule has 0 aliphatic carbocycles. The van der Waals surface area contributed by atoms with Crippen molar-refractivity contribution < 1.29 is 29.0 Å². The fraction of sp³-hybridized carbons (Fsp3) is 0.619. The van der Waals surface area contributed by atoms with Crippen LogP contribution in [0.1, 0.15) is 53.7 Å². The van der Waals surface area contributed by atoms with Crippen LogP contribution in [-0.2, 0) is 25.5 Å². The van der Waals surface area contributed by atoms with Gasteiger partial charge in [0.2, 0.25) is 5.54 Å². The highest BCUT2D eigenvalue weighted by Gasteiger charge is 2.61. The Morgan fingerprint density at radius 3 is 2.20 bits per heavy atom. The second-order valence-corrected chi connectivity index (χ2v) is 9.35. The summed E-state index contributed by atoms with van der Waals surface area (Å²) in [5.74, 6) is -2.69. The van der Waals surface area contributed by atoms with Crippen LogP contribution in [0.4, 0.5) is 4.79 Å². The Labute approximate surface area is 183 Å². The number of carbonyl (C=O) groups is 3. The number of esters is 1. The van der Waals surface area contributed by atoms with Crippen molar-refractivity contribution in [1.82, 2.24) is 9.88 Å². The van der Waals surface area contributed by atoms with Gasteiger partial charge in [-0.15, -0.1) is 12.4 Å². The molecule has 0 bridgehead atoms. The largest absolute Gasteiger partial charge is 0.479 e. The van der Waals surface area contributed by atoms with Crippen molar-refractivity contribution in [3.05, 3.63) is 30.1 Å². The number of nitrogens with zero attached hydrogens (tertiary/aromatic N) is 2. The van der Waals surface area contributed by atoms with Gasteiger partial charge in [-0.25, -0.2) is 14.4 Å². The number of carbonyl (C=O) groups excluding carboxylic acids is 2. The van der Waals surface area contributed by atoms with Crippen LogP contribution < -0.4 is 0 Å². The number of carboxylic acid groups (broad SMARTS) is 1. The molecule has 1 aliphatic rings. The molecule has 30 heavy (non-hydrogen) atoms. The van der Waals surface area contributed by atoms with E-state index in [1.165, 1.54) is 0 Å². The van der Waals surface area contributed by atoms with Crippen molar-refractivity contribution in [2.75, 3.05) is 6.54 Å². The smallest absolute Gasteiger partial charge is 0.411 e. The number of amides is 1. The van der Waals surface area contributed by atoms with E-state index in [2.05, 4.69) is 4.98 Å². The average Bonchev–Trinajstić information content (AvgIpc) is 2.93. The third-order valence-corrected chi connectivity index (χ3v) is 4.41. The SMILES string of the molecule is CC(C)(C)OC(=O)N1C[C@H](Cc2ccccn2)C[C@]1(C(=O)O)C(=O)OC(C)(C)C.Cl. The van der Waals surface area contributed by atoms with E-state index >= 15 is 0 Å². The lowest BCUT2D eigenvalue weighted by molar-refractivity contribution is -0.177. The summed E-state index contributed by atoms with van der Waals surface area (Å²) < 4.78 is 10.8. The Morgan fingerprint density at radius 2 is 1.73 bits per heavy atom. The van der Waals surface area contributed by atoms with Crippen LogP contribution in [0.3, 0.4) is 0 Å². The fourth-order valence-electron chi connectivity index (χ4n) is 3.35. The lowest BCUT2D eigenvalue weighted by atomic mass is 9.89. The number of likely N-dealkylation sites (tertiary alicyclic amines) is 1. The summed E-state index contributed by atoms with van der Waals surface area (Å²) in [5, 5.41) is 10.1. The lowest BCUT2D eigenvalue weighted by Gasteiger charge is -2.35. The molecule has 9 heteroatoms. The molecule has 1 fully saturated rings. The number of ether oxygens (including phenoxy) is 2. The van der Waals surface area contributed by atoms with E-state index in [1.54, 1.807) is 53.8 Å². The molecular weight excluding hydrogens is 412 g/mol. The molecule has 0 saturated carbocycles. The lowest BCUT2D eigenvalue weighted by Crippen LogP contribution is -2.60. The maximum absolute atomic E-state index is 13.0. The topological polar surface area (TPSA) is 106 Å². The first kappa shape index (κ1) is 25.7. The van der Waals surface area contributed by atoms with Crippen molar-refractivity contribution in [2.24, 2.45) is 5.92 Å². The molecule has 0 spiro atoms. The van der Waals surface area contributed by atoms with Gasteiger partial charge in [0.1, 0.15) is 11.2 Å². The fourth-order valence-corrected chi connectivity index (χ4v) is 3.35. The van der Waals surface area contributed by atoms with E-state index in [1.807, 2.05) is 12.1 Å². The van der Waals surface area contributed by atoms with E-state index in [-0.39, 0.29) is 31.3 Å². The monoisotopic (exact) mass is 442 g/mol. The van der Waals surface area contributed by atoms with Gasteiger partial charge >= 0.3 is 18.0 Å². The van der Waals surface area contributed by atoms with Crippen LogP contribution in [0.15, 0.2) is 24.4 Å². The Bertz CT molecular complexity index is 772. The maximum atomic E-state index is 13.0. The van der Waals surface area contributed by atoms with Crippen molar-refractivity contribution in [3.8, 4) is 0 Å². The molecule has 168 valence electrons. The van der Waals surface area contributed by atoms with Gasteiger partial charge in [-0.3, -0.25) is 9.88 Å². The van der Waals surface area contributed by atoms with Gasteiger partial charge in [-0.1, -0.05) is 6.07 Å². The molecule has 1 N–H and O–H groups in total. The summed E-state index contributed by atoms with van der Waals surface area (Å²) in [7, 11) is 0. The van der Waals surface area contributed by atoms with E-state index in [9.17, 15) is 19.5 Å². The molecule has 0 radical (unpaired) electrons. The molecule has 1 aliphatic heterocycles. The van der Waals surface area contributed by atoms with Crippen LogP contribution in [0, 0.1) is 5.92 Å². The van der Waals surface area contributed by atoms with Gasteiger partial charge in [0, 0.05) is 18.4 Å². The zero-order chi connectivity index (χ0) is 22.0. The van der Waals surface area contributed by atoms with Crippen molar-refractivity contribution >= 4 is 30.4 Å². The van der Waals surface area contributed by atoms with E-state index in [0.29, 0.717) is 6.42 Å². The summed E-state index contributed by atoms with van der Waals surface area (Å²) in [6, 6.07) is 5.45. The van der Waals surface area contributed by atoms with Gasteiger partial charge < -0.3 is 14.6 Å². The van der Waals surface area contributed by atoms with E-state index < -0.39 is 34.8 Å². The Balaban J connectivity index is 0.00000450. The Morgan fingerprint density at radius 1 is 1.13 bits per heavy atom. The summed E-state index contributed by atoms with van der Waals surface area (Å²) in [6.07, 6.45) is 1.15. The quantitative estimate of drug-likeness (QED) is 0.562. The van der Waals surface area contributed by atoms with Crippen molar-refractivity contribution in [2.45, 2.75) is 71.1 Å². The maximum Gasteiger partial charge on any atom is 0.411 e. The van der Waals surface area contributed by atoms with Gasteiger partial charge in [-0.2, -0.15) is 0 Å². The molecule has 1 aromatic rings. The second kappa shape index (κ2) is 9.20. The van der Waals surface area contributed by atoms with Crippen LogP contribution in [-0.4, -0.2) is 56.3 Å². The van der Waals surface area contributed by atoms with Gasteiger partial charge in [-0.05, 0) is 72.4 Å². The molecule has 1 aromatic heterocycles. The highest BCUT2D eigenvalue weighted by Crippen LogP contribution is 2.38. The molecule has 0 unspecified atom stereocenters. The normalized spacial score (nSPS) is 21.5. The van der Waals surface area contributed by atoms with Crippen LogP contribution in [0.2, 0.25) is 0 Å². The number of carboxylic acids is 1. The summed E-state index contributed by atoms with van der Waals surface area (Å²) in [5.41, 5.74) is -3.13. The number of pyridine rings is 1. The Hall–Kier alpha value is -2.35. The Kier molecular flexibility index (Phi) is 7.88. The van der Waals surface area contributed by atoms with E-state index in [0.717, 1.165) is 10.6 Å². The molecule has 1 amide bonds. The summed E-state index contributed by atoms with van der Waals surface area (Å²) >= 11 is 0. The molecule has 2 rings (SSSR count). The zero-order valence-corrected chi connectivity index (χ0v) is 19.1. The minimum Gasteiger partial charge on any atom is -0.479 e. The third kappa shape index (κ3) is 6.08. The highest BCUT2D eigenvalue weighted by atomic mass is 35.5. The number of rotatable bonds is 4. The first-order chi connectivity index (χ1) is 13.2. The minimum absolute atomic E-state index is 0. The predicted octanol–water partition coefficient (Wildman–Crippen LogP) is 3.47. The highest BCUT2D eigenvalue weighted by molar-refractivity contribution is 6.07. The summed E-state index contributed by atoms with van der Waals surface area (Å²) in [6.45, 7) is 10.1. The first-order valence-electron chi connectivity index (χ1n) is 9.62. The van der Waals surface area contributed by atoms with Crippen LogP contribution >= 0.6 is 12.4 Å². The average molecular weight is 443 g/mol. The van der Waals surface area contributed by atoms with Gasteiger partial charge in [0.25, 0.3) is 0 Å². The first-order valence-corrected chi connectivity index (χ1v) is 9.62. The number of hydrogen-bond donors (Lipinski definition) is 1. The third-order valence-electron chi connectivity index (χ3n) is 4.41. The predicted molar refractivity (Wildman–Crippen MR) is 112 cm³/mol. The zero-order valence-electron chi connectivity index (χ0n) is 18.3. The van der Waals surface area contributed by atoms with E-state index in [4.69, 9.17) is 9.47 Å². The second-order valence-electron chi connectivity index (χ2n) is 9.35. The minimum atomic E-state index is -2.14. The standard InChI is InChI=1S/C21H30N2O6.ClH/c1-19(2,3)28-17(26)21(16(24)25)12-14(11-15-9-7-8-10-22-15)13-23(21)18(27)29-20(4,5)6;/h7-10,14H,11-13H2,1-6H3,(H,24,25);1H/t14-,21+;/m1./s1. The number of hydrogen-bond acceptors (Lipinski definition) is 6.